The van der Waals surface area contributed by atoms with E-state index in [9.17, 15) is 18.1 Å². The van der Waals surface area contributed by atoms with Crippen LogP contribution >= 0.6 is 0 Å². The van der Waals surface area contributed by atoms with Crippen LogP contribution in [0.15, 0.2) is 0 Å². The Morgan fingerprint density at radius 1 is 0.586 bits per heavy atom. The van der Waals surface area contributed by atoms with Gasteiger partial charge in [-0.2, -0.15) is 0 Å². The summed E-state index contributed by atoms with van der Waals surface area (Å²) in [7, 11) is -4.67. The largest absolute Gasteiger partial charge is 1.00 e. The van der Waals surface area contributed by atoms with Crippen LogP contribution in [0, 0.1) is 0 Å². The van der Waals surface area contributed by atoms with E-state index in [1.165, 1.54) is 64.2 Å². The average molecular weight is 443 g/mol. The van der Waals surface area contributed by atoms with Gasteiger partial charge in [-0.05, 0) is 25.7 Å². The molecule has 0 aromatic heterocycles. The van der Waals surface area contributed by atoms with Crippen LogP contribution in [0.1, 0.15) is 142 Å². The molecule has 0 saturated carbocycles. The van der Waals surface area contributed by atoms with Crippen LogP contribution in [0.4, 0.5) is 0 Å². The Morgan fingerprint density at radius 3 is 1.07 bits per heavy atom. The smallest absolute Gasteiger partial charge is 0.746 e. The van der Waals surface area contributed by atoms with Crippen molar-refractivity contribution in [2.45, 2.75) is 147 Å². The summed E-state index contributed by atoms with van der Waals surface area (Å²) in [4.78, 5) is -2.06. The van der Waals surface area contributed by atoms with Crippen LogP contribution in [0.25, 0.3) is 0 Å². The van der Waals surface area contributed by atoms with Gasteiger partial charge in [-0.3, -0.25) is 0 Å². The molecule has 0 fully saturated rings. The van der Waals surface area contributed by atoms with Crippen LogP contribution < -0.4 is 29.6 Å². The van der Waals surface area contributed by atoms with Gasteiger partial charge in [-0.1, -0.05) is 117 Å². The molecule has 0 amide bonds. The third kappa shape index (κ3) is 18.2. The maximum Gasteiger partial charge on any atom is 1.00 e. The van der Waals surface area contributed by atoms with Gasteiger partial charge in [0.25, 0.3) is 0 Å². The van der Waals surface area contributed by atoms with Crippen molar-refractivity contribution in [2.24, 2.45) is 0 Å². The van der Waals surface area contributed by atoms with Gasteiger partial charge in [-0.25, -0.2) is 8.42 Å². The summed E-state index contributed by atoms with van der Waals surface area (Å²) in [6.07, 6.45) is 20.3. The summed E-state index contributed by atoms with van der Waals surface area (Å²) in [5.41, 5.74) is 0. The second kappa shape index (κ2) is 20.8. The Bertz CT molecular complexity index is 418. The predicted molar refractivity (Wildman–Crippen MR) is 118 cm³/mol. The van der Waals surface area contributed by atoms with Crippen molar-refractivity contribution in [3.8, 4) is 0 Å². The van der Waals surface area contributed by atoms with Crippen LogP contribution in [0.5, 0.6) is 0 Å². The minimum Gasteiger partial charge on any atom is -0.746 e. The molecule has 0 radical (unpaired) electrons. The van der Waals surface area contributed by atoms with E-state index in [2.05, 4.69) is 13.8 Å². The standard InChI is InChI=1S/C23H48O4S.Na/c1-3-5-7-9-11-13-15-17-19-21-23(24,28(25,26)27)22-20-18-16-14-12-10-8-6-4-2;/h24H,3-22H2,1-2H3,(H,25,26,27);/q;+1/p-1. The van der Waals surface area contributed by atoms with Crippen molar-refractivity contribution in [1.82, 2.24) is 0 Å². The van der Waals surface area contributed by atoms with Gasteiger partial charge in [0.05, 0.1) is 0 Å². The van der Waals surface area contributed by atoms with E-state index in [1.54, 1.807) is 0 Å². The Kier molecular flexibility index (Phi) is 22.9. The maximum absolute atomic E-state index is 11.6. The Balaban J connectivity index is 0. The molecule has 170 valence electrons. The first-order chi connectivity index (χ1) is 13.4. The van der Waals surface area contributed by atoms with E-state index in [0.29, 0.717) is 12.8 Å². The average Bonchev–Trinajstić information content (AvgIpc) is 2.64. The molecule has 0 aromatic carbocycles. The molecular formula is C23H47NaO4S. The van der Waals surface area contributed by atoms with Gasteiger partial charge < -0.3 is 9.66 Å². The summed E-state index contributed by atoms with van der Waals surface area (Å²) in [5, 5.41) is 10.4. The fourth-order valence-corrected chi connectivity index (χ4v) is 4.59. The Morgan fingerprint density at radius 2 is 0.828 bits per heavy atom. The van der Waals surface area contributed by atoms with Crippen molar-refractivity contribution in [2.75, 3.05) is 0 Å². The minimum atomic E-state index is -4.67. The fourth-order valence-electron chi connectivity index (χ4n) is 3.80. The molecule has 0 unspecified atom stereocenters. The molecule has 0 heterocycles. The van der Waals surface area contributed by atoms with Crippen LogP contribution in [0.3, 0.4) is 0 Å². The van der Waals surface area contributed by atoms with E-state index in [-0.39, 0.29) is 42.4 Å². The molecule has 0 saturated heterocycles. The SMILES string of the molecule is CCCCCCCCCCCC(O)(CCCCCCCCCCC)S(=O)(=O)[O-].[Na+]. The van der Waals surface area contributed by atoms with Crippen molar-refractivity contribution < 1.29 is 47.6 Å². The molecule has 0 aliphatic carbocycles. The first-order valence-electron chi connectivity index (χ1n) is 12.0. The van der Waals surface area contributed by atoms with Crippen LogP contribution in [-0.4, -0.2) is 23.0 Å². The number of hydrogen-bond donors (Lipinski definition) is 1. The van der Waals surface area contributed by atoms with E-state index < -0.39 is 15.1 Å². The molecule has 0 aliphatic heterocycles. The molecule has 0 aliphatic rings. The zero-order valence-corrected chi connectivity index (χ0v) is 22.5. The quantitative estimate of drug-likeness (QED) is 0.165. The first-order valence-corrected chi connectivity index (χ1v) is 13.5. The van der Waals surface area contributed by atoms with Gasteiger partial charge in [0.2, 0.25) is 0 Å². The molecule has 0 bridgehead atoms. The van der Waals surface area contributed by atoms with E-state index in [1.807, 2.05) is 0 Å². The summed E-state index contributed by atoms with van der Waals surface area (Å²) < 4.78 is 34.7. The summed E-state index contributed by atoms with van der Waals surface area (Å²) in [5.74, 6) is 0. The second-order valence-electron chi connectivity index (χ2n) is 8.56. The Hall–Kier alpha value is 0.870. The third-order valence-corrected chi connectivity index (χ3v) is 7.15. The number of rotatable bonds is 21. The predicted octanol–water partition coefficient (Wildman–Crippen LogP) is 4.07. The second-order valence-corrected chi connectivity index (χ2v) is 10.2. The van der Waals surface area contributed by atoms with Gasteiger partial charge in [0.15, 0.2) is 4.93 Å². The van der Waals surface area contributed by atoms with Gasteiger partial charge in [0.1, 0.15) is 10.1 Å². The molecule has 0 atom stereocenters. The van der Waals surface area contributed by atoms with Gasteiger partial charge >= 0.3 is 29.6 Å². The molecule has 0 spiro atoms. The Labute approximate surface area is 204 Å². The first kappa shape index (κ1) is 32.1. The fraction of sp³-hybridized carbons (Fsp3) is 1.00. The van der Waals surface area contributed by atoms with Crippen LogP contribution in [0.2, 0.25) is 0 Å². The van der Waals surface area contributed by atoms with Crippen molar-refractivity contribution in [3.05, 3.63) is 0 Å². The van der Waals surface area contributed by atoms with Gasteiger partial charge in [-0.15, -0.1) is 0 Å². The summed E-state index contributed by atoms with van der Waals surface area (Å²) in [6, 6.07) is 0. The van der Waals surface area contributed by atoms with Crippen LogP contribution in [-0.2, 0) is 10.1 Å². The number of aliphatic hydroxyl groups is 1. The maximum atomic E-state index is 11.6. The molecule has 29 heavy (non-hydrogen) atoms. The topological polar surface area (TPSA) is 77.4 Å². The van der Waals surface area contributed by atoms with Crippen molar-refractivity contribution >= 4 is 10.1 Å². The monoisotopic (exact) mass is 442 g/mol. The zero-order valence-electron chi connectivity index (χ0n) is 19.7. The molecular weight excluding hydrogens is 395 g/mol. The normalized spacial score (nSPS) is 12.1. The minimum absolute atomic E-state index is 0. The summed E-state index contributed by atoms with van der Waals surface area (Å²) >= 11 is 0. The molecule has 1 N–H and O–H groups in total. The molecule has 0 rings (SSSR count). The van der Waals surface area contributed by atoms with E-state index in [0.717, 1.165) is 38.5 Å². The number of hydrogen-bond acceptors (Lipinski definition) is 4. The molecule has 6 heteroatoms. The van der Waals surface area contributed by atoms with Crippen molar-refractivity contribution in [1.29, 1.82) is 0 Å². The van der Waals surface area contributed by atoms with Crippen molar-refractivity contribution in [3.63, 3.8) is 0 Å². The molecule has 0 aromatic rings. The number of unbranched alkanes of at least 4 members (excludes halogenated alkanes) is 16. The third-order valence-electron chi connectivity index (χ3n) is 5.81. The van der Waals surface area contributed by atoms with Gasteiger partial charge in [0, 0.05) is 0 Å². The van der Waals surface area contributed by atoms with E-state index >= 15 is 0 Å². The van der Waals surface area contributed by atoms with E-state index in [4.69, 9.17) is 0 Å². The molecule has 4 nitrogen and oxygen atoms in total. The zero-order chi connectivity index (χ0) is 21.1. The summed E-state index contributed by atoms with van der Waals surface area (Å²) in [6.45, 7) is 4.42.